The summed E-state index contributed by atoms with van der Waals surface area (Å²) in [5.41, 5.74) is 0.555. The maximum Gasteiger partial charge on any atom is 0.338 e. The summed E-state index contributed by atoms with van der Waals surface area (Å²) in [4.78, 5) is 29.6. The molecule has 1 aliphatic rings. The highest BCUT2D eigenvalue weighted by atomic mass is 16.6. The molecule has 0 saturated carbocycles. The van der Waals surface area contributed by atoms with Crippen LogP contribution in [0.5, 0.6) is 0 Å². The maximum atomic E-state index is 12.3. The molecule has 0 radical (unpaired) electrons. The molecule has 0 spiro atoms. The maximum absolute atomic E-state index is 12.3. The molecule has 9 nitrogen and oxygen atoms in total. The third kappa shape index (κ3) is 4.47. The van der Waals surface area contributed by atoms with E-state index in [2.05, 4.69) is 17.1 Å². The van der Waals surface area contributed by atoms with Crippen molar-refractivity contribution in [2.24, 2.45) is 5.92 Å². The van der Waals surface area contributed by atoms with E-state index in [4.69, 9.17) is 9.26 Å². The zero-order valence-electron chi connectivity index (χ0n) is 16.3. The van der Waals surface area contributed by atoms with Gasteiger partial charge in [0.05, 0.1) is 10.5 Å². The van der Waals surface area contributed by atoms with Crippen LogP contribution < -0.4 is 4.90 Å². The minimum Gasteiger partial charge on any atom is -0.452 e. The summed E-state index contributed by atoms with van der Waals surface area (Å²) >= 11 is 0. The molecule has 2 aromatic rings. The second kappa shape index (κ2) is 8.37. The minimum absolute atomic E-state index is 0.0940. The molecule has 1 aromatic heterocycles. The number of benzene rings is 1. The number of aromatic nitrogens is 2. The van der Waals surface area contributed by atoms with Crippen molar-refractivity contribution in [1.82, 2.24) is 10.1 Å². The van der Waals surface area contributed by atoms with Gasteiger partial charge in [-0.05, 0) is 30.9 Å². The Morgan fingerprint density at radius 2 is 2.25 bits per heavy atom. The number of carbonyl (C=O) groups is 1. The number of esters is 1. The largest absolute Gasteiger partial charge is 0.452 e. The smallest absolute Gasteiger partial charge is 0.338 e. The standard InChI is InChI=1S/C19H24N4O5/c1-12(2)18-20-17(28-21-18)11-27-19(24)14-6-7-15(16(9-14)23(25)26)22-8-4-5-13(3)10-22/h6-7,9,12-13H,4-5,8,10-11H2,1-3H3. The second-order valence-corrected chi connectivity index (χ2v) is 7.43. The number of ether oxygens (including phenoxy) is 1. The van der Waals surface area contributed by atoms with Gasteiger partial charge in [0.2, 0.25) is 0 Å². The van der Waals surface area contributed by atoms with E-state index in [0.717, 1.165) is 25.9 Å². The van der Waals surface area contributed by atoms with Crippen LogP contribution in [0.15, 0.2) is 22.7 Å². The lowest BCUT2D eigenvalue weighted by Crippen LogP contribution is -2.34. The lowest BCUT2D eigenvalue weighted by Gasteiger charge is -2.32. The predicted molar refractivity (Wildman–Crippen MR) is 101 cm³/mol. The summed E-state index contributed by atoms with van der Waals surface area (Å²) in [5.74, 6) is 0.613. The van der Waals surface area contributed by atoms with Crippen LogP contribution in [-0.2, 0) is 11.3 Å². The number of rotatable bonds is 6. The molecule has 28 heavy (non-hydrogen) atoms. The molecule has 2 heterocycles. The molecule has 1 fully saturated rings. The van der Waals surface area contributed by atoms with E-state index in [1.165, 1.54) is 6.07 Å². The molecule has 3 rings (SSSR count). The number of nitro groups is 1. The first-order valence-corrected chi connectivity index (χ1v) is 9.38. The molecule has 1 unspecified atom stereocenters. The zero-order valence-corrected chi connectivity index (χ0v) is 16.3. The van der Waals surface area contributed by atoms with Crippen LogP contribution >= 0.6 is 0 Å². The number of nitrogens with zero attached hydrogens (tertiary/aromatic N) is 4. The van der Waals surface area contributed by atoms with Gasteiger partial charge in [-0.3, -0.25) is 10.1 Å². The van der Waals surface area contributed by atoms with Crippen LogP contribution in [0.25, 0.3) is 0 Å². The molecule has 9 heteroatoms. The molecule has 150 valence electrons. The van der Waals surface area contributed by atoms with Gasteiger partial charge in [0.25, 0.3) is 11.6 Å². The van der Waals surface area contributed by atoms with Crippen molar-refractivity contribution < 1.29 is 19.0 Å². The van der Waals surface area contributed by atoms with E-state index in [9.17, 15) is 14.9 Å². The van der Waals surface area contributed by atoms with E-state index < -0.39 is 10.9 Å². The van der Waals surface area contributed by atoms with E-state index in [0.29, 0.717) is 17.4 Å². The highest BCUT2D eigenvalue weighted by molar-refractivity contribution is 5.91. The number of hydrogen-bond donors (Lipinski definition) is 0. The summed E-state index contributed by atoms with van der Waals surface area (Å²) in [6, 6.07) is 4.44. The van der Waals surface area contributed by atoms with Gasteiger partial charge in [-0.25, -0.2) is 4.79 Å². The molecule has 0 aliphatic carbocycles. The van der Waals surface area contributed by atoms with Crippen molar-refractivity contribution in [2.75, 3.05) is 18.0 Å². The molecule has 0 bridgehead atoms. The summed E-state index contributed by atoms with van der Waals surface area (Å²) in [7, 11) is 0. The Labute approximate surface area is 162 Å². The first-order chi connectivity index (χ1) is 13.3. The van der Waals surface area contributed by atoms with Crippen molar-refractivity contribution in [2.45, 2.75) is 46.1 Å². The number of hydrogen-bond acceptors (Lipinski definition) is 8. The van der Waals surface area contributed by atoms with Crippen LogP contribution in [0, 0.1) is 16.0 Å². The Kier molecular flexibility index (Phi) is 5.91. The van der Waals surface area contributed by atoms with Gasteiger partial charge in [-0.2, -0.15) is 4.98 Å². The van der Waals surface area contributed by atoms with E-state index in [-0.39, 0.29) is 29.7 Å². The Balaban J connectivity index is 1.73. The predicted octanol–water partition coefficient (Wildman–Crippen LogP) is 3.69. The number of nitro benzene ring substituents is 1. The van der Waals surface area contributed by atoms with E-state index in [1.807, 2.05) is 18.7 Å². The van der Waals surface area contributed by atoms with Crippen LogP contribution in [0.2, 0.25) is 0 Å². The fourth-order valence-corrected chi connectivity index (χ4v) is 3.24. The van der Waals surface area contributed by atoms with E-state index >= 15 is 0 Å². The third-order valence-electron chi connectivity index (χ3n) is 4.73. The highest BCUT2D eigenvalue weighted by Gasteiger charge is 2.25. The van der Waals surface area contributed by atoms with Crippen LogP contribution in [0.3, 0.4) is 0 Å². The number of piperidine rings is 1. The van der Waals surface area contributed by atoms with E-state index in [1.54, 1.807) is 12.1 Å². The van der Waals surface area contributed by atoms with Crippen LogP contribution in [0.1, 0.15) is 61.6 Å². The molecule has 1 aliphatic heterocycles. The van der Waals surface area contributed by atoms with Gasteiger partial charge >= 0.3 is 5.97 Å². The fourth-order valence-electron chi connectivity index (χ4n) is 3.24. The van der Waals surface area contributed by atoms with Crippen LogP contribution in [0.4, 0.5) is 11.4 Å². The third-order valence-corrected chi connectivity index (χ3v) is 4.73. The van der Waals surface area contributed by atoms with Gasteiger partial charge in [0, 0.05) is 25.1 Å². The van der Waals surface area contributed by atoms with Crippen molar-refractivity contribution in [3.63, 3.8) is 0 Å². The van der Waals surface area contributed by atoms with Crippen molar-refractivity contribution in [1.29, 1.82) is 0 Å². The molecule has 1 atom stereocenters. The topological polar surface area (TPSA) is 112 Å². The van der Waals surface area contributed by atoms with Gasteiger partial charge in [-0.1, -0.05) is 25.9 Å². The summed E-state index contributed by atoms with van der Waals surface area (Å²) in [6.07, 6.45) is 2.10. The summed E-state index contributed by atoms with van der Waals surface area (Å²) in [6.45, 7) is 7.32. The van der Waals surface area contributed by atoms with Gasteiger partial charge in [0.15, 0.2) is 12.4 Å². The van der Waals surface area contributed by atoms with Gasteiger partial charge in [0.1, 0.15) is 5.69 Å². The number of carbonyl (C=O) groups excluding carboxylic acids is 1. The fraction of sp³-hybridized carbons (Fsp3) is 0.526. The Bertz CT molecular complexity index is 864. The molecule has 0 amide bonds. The first kappa shape index (κ1) is 19.8. The Morgan fingerprint density at radius 1 is 1.46 bits per heavy atom. The average molecular weight is 388 g/mol. The molecule has 1 saturated heterocycles. The lowest BCUT2D eigenvalue weighted by molar-refractivity contribution is -0.384. The average Bonchev–Trinajstić information content (AvgIpc) is 3.15. The van der Waals surface area contributed by atoms with Gasteiger partial charge in [-0.15, -0.1) is 0 Å². The molecular weight excluding hydrogens is 364 g/mol. The summed E-state index contributed by atoms with van der Waals surface area (Å²) < 4.78 is 10.2. The summed E-state index contributed by atoms with van der Waals surface area (Å²) in [5, 5.41) is 15.4. The Hall–Kier alpha value is -2.97. The van der Waals surface area contributed by atoms with Crippen molar-refractivity contribution >= 4 is 17.3 Å². The lowest BCUT2D eigenvalue weighted by atomic mass is 9.99. The quantitative estimate of drug-likeness (QED) is 0.418. The normalized spacial score (nSPS) is 17.0. The second-order valence-electron chi connectivity index (χ2n) is 7.43. The van der Waals surface area contributed by atoms with Gasteiger partial charge < -0.3 is 14.2 Å². The first-order valence-electron chi connectivity index (χ1n) is 9.38. The van der Waals surface area contributed by atoms with Crippen LogP contribution in [-0.4, -0.2) is 34.1 Å². The highest BCUT2D eigenvalue weighted by Crippen LogP contribution is 2.32. The zero-order chi connectivity index (χ0) is 20.3. The Morgan fingerprint density at radius 3 is 2.89 bits per heavy atom. The number of anilines is 1. The minimum atomic E-state index is -0.675. The SMILES string of the molecule is CC1CCCN(c2ccc(C(=O)OCc3nc(C(C)C)no3)cc2[N+](=O)[O-])C1. The monoisotopic (exact) mass is 388 g/mol. The molecular formula is C19H24N4O5. The molecule has 0 N–H and O–H groups in total. The van der Waals surface area contributed by atoms with Crippen molar-refractivity contribution in [3.05, 3.63) is 45.6 Å². The molecule has 1 aromatic carbocycles. The van der Waals surface area contributed by atoms with Crippen molar-refractivity contribution in [3.8, 4) is 0 Å².